The van der Waals surface area contributed by atoms with Crippen LogP contribution in [0.1, 0.15) is 19.3 Å². The number of rotatable bonds is 5. The van der Waals surface area contributed by atoms with Crippen molar-refractivity contribution < 1.29 is 0 Å². The molecule has 0 aromatic heterocycles. The van der Waals surface area contributed by atoms with E-state index < -0.39 is 0 Å². The van der Waals surface area contributed by atoms with Gasteiger partial charge in [0.25, 0.3) is 0 Å². The van der Waals surface area contributed by atoms with E-state index in [2.05, 4.69) is 23.9 Å². The van der Waals surface area contributed by atoms with Crippen LogP contribution in [0, 0.1) is 0 Å². The highest BCUT2D eigenvalue weighted by Gasteiger charge is 2.21. The van der Waals surface area contributed by atoms with Crippen molar-refractivity contribution in [3.63, 3.8) is 0 Å². The number of likely N-dealkylation sites (tertiary alicyclic amines) is 1. The van der Waals surface area contributed by atoms with Crippen LogP contribution in [0.2, 0.25) is 0 Å². The van der Waals surface area contributed by atoms with Crippen LogP contribution in [0.15, 0.2) is 0 Å². The highest BCUT2D eigenvalue weighted by atomic mass is 15.2. The minimum absolute atomic E-state index is 0.780. The highest BCUT2D eigenvalue weighted by molar-refractivity contribution is 4.78. The van der Waals surface area contributed by atoms with Crippen LogP contribution in [-0.2, 0) is 0 Å². The summed E-state index contributed by atoms with van der Waals surface area (Å²) in [5.41, 5.74) is 5.48. The van der Waals surface area contributed by atoms with Crippen molar-refractivity contribution in [2.24, 2.45) is 5.73 Å². The summed E-state index contributed by atoms with van der Waals surface area (Å²) in [5, 5.41) is 0. The standard InChI is InChI=1S/C10H23N3/c1-12(7-4-6-11)9-10-5-3-8-13(10)2/h10H,3-9,11H2,1-2H3. The lowest BCUT2D eigenvalue weighted by Crippen LogP contribution is -2.37. The summed E-state index contributed by atoms with van der Waals surface area (Å²) in [6, 6.07) is 0.780. The van der Waals surface area contributed by atoms with E-state index in [9.17, 15) is 0 Å². The summed E-state index contributed by atoms with van der Waals surface area (Å²) in [7, 11) is 4.43. The molecule has 0 amide bonds. The largest absolute Gasteiger partial charge is 0.330 e. The minimum atomic E-state index is 0.780. The number of nitrogens with two attached hydrogens (primary N) is 1. The van der Waals surface area contributed by atoms with Gasteiger partial charge >= 0.3 is 0 Å². The van der Waals surface area contributed by atoms with E-state index in [0.29, 0.717) is 0 Å². The molecule has 0 aromatic rings. The van der Waals surface area contributed by atoms with Gasteiger partial charge in [0.15, 0.2) is 0 Å². The molecule has 2 N–H and O–H groups in total. The first-order valence-electron chi connectivity index (χ1n) is 5.33. The van der Waals surface area contributed by atoms with Gasteiger partial charge in [0.1, 0.15) is 0 Å². The Morgan fingerprint density at radius 3 is 2.85 bits per heavy atom. The van der Waals surface area contributed by atoms with E-state index in [1.807, 2.05) is 0 Å². The summed E-state index contributed by atoms with van der Waals surface area (Å²) in [4.78, 5) is 4.87. The minimum Gasteiger partial charge on any atom is -0.330 e. The molecule has 1 rings (SSSR count). The second kappa shape index (κ2) is 5.58. The van der Waals surface area contributed by atoms with E-state index >= 15 is 0 Å². The quantitative estimate of drug-likeness (QED) is 0.671. The average molecular weight is 185 g/mol. The van der Waals surface area contributed by atoms with Gasteiger partial charge in [-0.05, 0) is 53.0 Å². The van der Waals surface area contributed by atoms with Crippen molar-refractivity contribution in [3.8, 4) is 0 Å². The van der Waals surface area contributed by atoms with E-state index in [4.69, 9.17) is 5.73 Å². The Balaban J connectivity index is 2.15. The van der Waals surface area contributed by atoms with Crippen molar-refractivity contribution in [2.45, 2.75) is 25.3 Å². The maximum absolute atomic E-state index is 5.48. The molecule has 0 spiro atoms. The number of hydrogen-bond donors (Lipinski definition) is 1. The van der Waals surface area contributed by atoms with Crippen LogP contribution in [-0.4, -0.2) is 56.1 Å². The molecular weight excluding hydrogens is 162 g/mol. The molecule has 0 radical (unpaired) electrons. The lowest BCUT2D eigenvalue weighted by atomic mass is 10.2. The molecule has 1 aliphatic rings. The molecule has 13 heavy (non-hydrogen) atoms. The maximum atomic E-state index is 5.48. The lowest BCUT2D eigenvalue weighted by molar-refractivity contribution is 0.219. The molecule has 3 heteroatoms. The van der Waals surface area contributed by atoms with Gasteiger partial charge < -0.3 is 15.5 Å². The molecule has 1 fully saturated rings. The second-order valence-electron chi connectivity index (χ2n) is 4.18. The number of hydrogen-bond acceptors (Lipinski definition) is 3. The van der Waals surface area contributed by atoms with Gasteiger partial charge in [-0.2, -0.15) is 0 Å². The zero-order chi connectivity index (χ0) is 9.68. The highest BCUT2D eigenvalue weighted by Crippen LogP contribution is 2.15. The molecule has 3 nitrogen and oxygen atoms in total. The normalized spacial score (nSPS) is 24.5. The third-order valence-corrected chi connectivity index (χ3v) is 2.94. The van der Waals surface area contributed by atoms with Crippen molar-refractivity contribution in [1.82, 2.24) is 9.80 Å². The van der Waals surface area contributed by atoms with Gasteiger partial charge in [0, 0.05) is 12.6 Å². The van der Waals surface area contributed by atoms with Crippen LogP contribution in [0.3, 0.4) is 0 Å². The van der Waals surface area contributed by atoms with Crippen LogP contribution >= 0.6 is 0 Å². The fraction of sp³-hybridized carbons (Fsp3) is 1.00. The van der Waals surface area contributed by atoms with Crippen LogP contribution in [0.25, 0.3) is 0 Å². The van der Waals surface area contributed by atoms with Crippen LogP contribution in [0.4, 0.5) is 0 Å². The van der Waals surface area contributed by atoms with Crippen molar-refractivity contribution in [1.29, 1.82) is 0 Å². The number of nitrogens with zero attached hydrogens (tertiary/aromatic N) is 2. The monoisotopic (exact) mass is 185 g/mol. The van der Waals surface area contributed by atoms with Gasteiger partial charge in [-0.1, -0.05) is 0 Å². The summed E-state index contributed by atoms with van der Waals surface area (Å²) in [6.45, 7) is 4.43. The SMILES string of the molecule is CN(CCCN)CC1CCCN1C. The van der Waals surface area contributed by atoms with Crippen molar-refractivity contribution >= 4 is 0 Å². The molecule has 1 unspecified atom stereocenters. The van der Waals surface area contributed by atoms with E-state index in [-0.39, 0.29) is 0 Å². The summed E-state index contributed by atoms with van der Waals surface area (Å²) in [5.74, 6) is 0. The summed E-state index contributed by atoms with van der Waals surface area (Å²) in [6.07, 6.45) is 3.85. The van der Waals surface area contributed by atoms with Gasteiger partial charge in [-0.25, -0.2) is 0 Å². The van der Waals surface area contributed by atoms with Crippen LogP contribution < -0.4 is 5.73 Å². The van der Waals surface area contributed by atoms with Crippen LogP contribution in [0.5, 0.6) is 0 Å². The predicted molar refractivity (Wildman–Crippen MR) is 56.8 cm³/mol. The molecular formula is C10H23N3. The molecule has 1 heterocycles. The zero-order valence-electron chi connectivity index (χ0n) is 9.00. The van der Waals surface area contributed by atoms with Crippen molar-refractivity contribution in [2.75, 3.05) is 40.3 Å². The Labute approximate surface area is 81.9 Å². The fourth-order valence-corrected chi connectivity index (χ4v) is 2.02. The molecule has 1 aliphatic heterocycles. The molecule has 1 saturated heterocycles. The Hall–Kier alpha value is -0.120. The Morgan fingerprint density at radius 1 is 1.54 bits per heavy atom. The maximum Gasteiger partial charge on any atom is 0.0220 e. The summed E-state index contributed by atoms with van der Waals surface area (Å²) < 4.78 is 0. The first kappa shape index (κ1) is 11.0. The van der Waals surface area contributed by atoms with E-state index in [0.717, 1.165) is 25.6 Å². The second-order valence-corrected chi connectivity index (χ2v) is 4.18. The molecule has 0 bridgehead atoms. The molecule has 0 aliphatic carbocycles. The third-order valence-electron chi connectivity index (χ3n) is 2.94. The van der Waals surface area contributed by atoms with E-state index in [1.54, 1.807) is 0 Å². The van der Waals surface area contributed by atoms with Gasteiger partial charge in [0.05, 0.1) is 0 Å². The predicted octanol–water partition coefficient (Wildman–Crippen LogP) is 0.361. The molecule has 0 aromatic carbocycles. The van der Waals surface area contributed by atoms with Gasteiger partial charge in [-0.3, -0.25) is 0 Å². The Bertz CT molecular complexity index is 138. The summed E-state index contributed by atoms with van der Waals surface area (Å²) >= 11 is 0. The lowest BCUT2D eigenvalue weighted by Gasteiger charge is -2.25. The molecule has 0 saturated carbocycles. The van der Waals surface area contributed by atoms with Gasteiger partial charge in [-0.15, -0.1) is 0 Å². The zero-order valence-corrected chi connectivity index (χ0v) is 9.00. The molecule has 78 valence electrons. The van der Waals surface area contributed by atoms with Gasteiger partial charge in [0.2, 0.25) is 0 Å². The van der Waals surface area contributed by atoms with Crippen molar-refractivity contribution in [3.05, 3.63) is 0 Å². The topological polar surface area (TPSA) is 32.5 Å². The van der Waals surface area contributed by atoms with E-state index in [1.165, 1.54) is 25.9 Å². The average Bonchev–Trinajstić information content (AvgIpc) is 2.48. The fourth-order valence-electron chi connectivity index (χ4n) is 2.02. The first-order valence-corrected chi connectivity index (χ1v) is 5.33. The smallest absolute Gasteiger partial charge is 0.0220 e. The Morgan fingerprint density at radius 2 is 2.31 bits per heavy atom. The first-order chi connectivity index (χ1) is 6.24. The Kier molecular flexibility index (Phi) is 4.70. The molecule has 1 atom stereocenters. The third kappa shape index (κ3) is 3.63. The number of likely N-dealkylation sites (N-methyl/N-ethyl adjacent to an activating group) is 2.